The molecule has 1 aliphatic rings. The number of benzene rings is 2. The maximum Gasteiger partial charge on any atom is 0.337 e. The number of hydrazone groups is 1. The van der Waals surface area contributed by atoms with Gasteiger partial charge in [0, 0.05) is 11.5 Å². The Morgan fingerprint density at radius 3 is 2.52 bits per heavy atom. The van der Waals surface area contributed by atoms with Crippen molar-refractivity contribution in [1.82, 2.24) is 5.43 Å². The molecule has 0 aliphatic heterocycles. The number of carbonyl (C=O) groups excluding carboxylic acids is 2. The maximum absolute atomic E-state index is 12.2. The Bertz CT molecular complexity index is 855. The fourth-order valence-corrected chi connectivity index (χ4v) is 3.36. The number of rotatable bonds is 7. The van der Waals surface area contributed by atoms with Crippen LogP contribution in [0, 0.1) is 5.92 Å². The molecule has 3 rings (SSSR count). The predicted octanol–water partition coefficient (Wildman–Crippen LogP) is 4.08. The van der Waals surface area contributed by atoms with Gasteiger partial charge in [-0.15, -0.1) is 0 Å². The number of carbonyl (C=O) groups is 2. The van der Waals surface area contributed by atoms with Gasteiger partial charge in [-0.1, -0.05) is 43.5 Å². The molecule has 0 heterocycles. The van der Waals surface area contributed by atoms with Gasteiger partial charge in [0.1, 0.15) is 12.4 Å². The third kappa shape index (κ3) is 5.91. The van der Waals surface area contributed by atoms with Gasteiger partial charge in [-0.25, -0.2) is 10.2 Å². The highest BCUT2D eigenvalue weighted by molar-refractivity contribution is 5.89. The fraction of sp³-hybridized carbons (Fsp3) is 0.348. The second-order valence-electron chi connectivity index (χ2n) is 7.08. The predicted molar refractivity (Wildman–Crippen MR) is 111 cm³/mol. The molecule has 0 saturated heterocycles. The molecule has 0 unspecified atom stereocenters. The van der Waals surface area contributed by atoms with Crippen molar-refractivity contribution < 1.29 is 19.1 Å². The first-order chi connectivity index (χ1) is 14.2. The van der Waals surface area contributed by atoms with Gasteiger partial charge in [0.25, 0.3) is 0 Å². The summed E-state index contributed by atoms with van der Waals surface area (Å²) in [5.41, 5.74) is 4.86. The third-order valence-electron chi connectivity index (χ3n) is 5.04. The van der Waals surface area contributed by atoms with E-state index in [9.17, 15) is 9.59 Å². The number of esters is 1. The first-order valence-corrected chi connectivity index (χ1v) is 9.89. The minimum absolute atomic E-state index is 0.00922. The lowest BCUT2D eigenvalue weighted by atomic mass is 9.89. The molecule has 29 heavy (non-hydrogen) atoms. The highest BCUT2D eigenvalue weighted by atomic mass is 16.5. The van der Waals surface area contributed by atoms with Crippen LogP contribution in [-0.4, -0.2) is 25.2 Å². The van der Waals surface area contributed by atoms with E-state index in [0.717, 1.165) is 36.8 Å². The Kier molecular flexibility index (Phi) is 7.39. The molecule has 6 heteroatoms. The van der Waals surface area contributed by atoms with E-state index in [4.69, 9.17) is 9.47 Å². The standard InChI is InChI=1S/C23H26N2O4/c1-28-23(27)19-13-11-17(12-14-19)16-29-21-10-6-5-9-20(21)15-24-25-22(26)18-7-3-2-4-8-18/h5-6,9-15,18H,2-4,7-8,16H2,1H3,(H,25,26)/b24-15-. The largest absolute Gasteiger partial charge is 0.488 e. The second kappa shape index (κ2) is 10.4. The van der Waals surface area contributed by atoms with E-state index in [1.165, 1.54) is 13.5 Å². The Balaban J connectivity index is 1.57. The summed E-state index contributed by atoms with van der Waals surface area (Å²) in [7, 11) is 1.36. The van der Waals surface area contributed by atoms with Crippen molar-refractivity contribution in [2.45, 2.75) is 38.7 Å². The van der Waals surface area contributed by atoms with Gasteiger partial charge < -0.3 is 9.47 Å². The molecule has 0 spiro atoms. The lowest BCUT2D eigenvalue weighted by Gasteiger charge is -2.19. The monoisotopic (exact) mass is 394 g/mol. The second-order valence-corrected chi connectivity index (χ2v) is 7.08. The van der Waals surface area contributed by atoms with E-state index < -0.39 is 0 Å². The van der Waals surface area contributed by atoms with Crippen molar-refractivity contribution in [2.75, 3.05) is 7.11 Å². The number of ether oxygens (including phenoxy) is 2. The van der Waals surface area contributed by atoms with Gasteiger partial charge >= 0.3 is 5.97 Å². The molecule has 1 fully saturated rings. The summed E-state index contributed by atoms with van der Waals surface area (Å²) in [5.74, 6) is 0.361. The van der Waals surface area contributed by atoms with E-state index in [1.807, 2.05) is 36.4 Å². The topological polar surface area (TPSA) is 77.0 Å². The van der Waals surface area contributed by atoms with Crippen LogP contribution in [0.15, 0.2) is 53.6 Å². The van der Waals surface area contributed by atoms with Crippen LogP contribution in [0.1, 0.15) is 53.6 Å². The molecule has 2 aromatic rings. The van der Waals surface area contributed by atoms with Crippen molar-refractivity contribution in [2.24, 2.45) is 11.0 Å². The average Bonchev–Trinajstić information content (AvgIpc) is 2.78. The fourth-order valence-electron chi connectivity index (χ4n) is 3.36. The minimum Gasteiger partial charge on any atom is -0.488 e. The van der Waals surface area contributed by atoms with Crippen LogP contribution in [0.3, 0.4) is 0 Å². The molecular weight excluding hydrogens is 368 g/mol. The summed E-state index contributed by atoms with van der Waals surface area (Å²) in [6.07, 6.45) is 6.92. The zero-order valence-electron chi connectivity index (χ0n) is 16.6. The van der Waals surface area contributed by atoms with Crippen LogP contribution in [0.2, 0.25) is 0 Å². The van der Waals surface area contributed by atoms with Crippen molar-refractivity contribution in [3.8, 4) is 5.75 Å². The molecular formula is C23H26N2O4. The number of para-hydroxylation sites is 1. The Labute approximate surface area is 170 Å². The molecule has 0 bridgehead atoms. The molecule has 1 aliphatic carbocycles. The van der Waals surface area contributed by atoms with Gasteiger partial charge in [0.05, 0.1) is 18.9 Å². The molecule has 1 saturated carbocycles. The number of methoxy groups -OCH3 is 1. The van der Waals surface area contributed by atoms with Crippen molar-refractivity contribution in [1.29, 1.82) is 0 Å². The summed E-state index contributed by atoms with van der Waals surface area (Å²) >= 11 is 0. The highest BCUT2D eigenvalue weighted by Crippen LogP contribution is 2.23. The molecule has 152 valence electrons. The molecule has 0 aromatic heterocycles. The van der Waals surface area contributed by atoms with Crippen LogP contribution >= 0.6 is 0 Å². The Morgan fingerprint density at radius 2 is 1.79 bits per heavy atom. The van der Waals surface area contributed by atoms with Gasteiger partial charge in [-0.05, 0) is 42.7 Å². The SMILES string of the molecule is COC(=O)c1ccc(COc2ccccc2/C=N\NC(=O)C2CCCCC2)cc1. The lowest BCUT2D eigenvalue weighted by Crippen LogP contribution is -2.28. The number of nitrogens with one attached hydrogen (secondary N) is 1. The van der Waals surface area contributed by atoms with Crippen LogP contribution in [-0.2, 0) is 16.1 Å². The first kappa shape index (κ1) is 20.6. The lowest BCUT2D eigenvalue weighted by molar-refractivity contribution is -0.125. The van der Waals surface area contributed by atoms with Crippen LogP contribution in [0.25, 0.3) is 0 Å². The highest BCUT2D eigenvalue weighted by Gasteiger charge is 2.20. The third-order valence-corrected chi connectivity index (χ3v) is 5.04. The van der Waals surface area contributed by atoms with Crippen molar-refractivity contribution >= 4 is 18.1 Å². The Morgan fingerprint density at radius 1 is 1.07 bits per heavy atom. The van der Waals surface area contributed by atoms with Crippen molar-refractivity contribution in [3.05, 3.63) is 65.2 Å². The summed E-state index contributed by atoms with van der Waals surface area (Å²) in [5, 5.41) is 4.12. The number of amides is 1. The van der Waals surface area contributed by atoms with Gasteiger partial charge in [-0.2, -0.15) is 5.10 Å². The number of nitrogens with zero attached hydrogens (tertiary/aromatic N) is 1. The summed E-state index contributed by atoms with van der Waals surface area (Å²) in [6.45, 7) is 0.348. The molecule has 2 aromatic carbocycles. The van der Waals surface area contributed by atoms with E-state index in [-0.39, 0.29) is 17.8 Å². The quantitative estimate of drug-likeness (QED) is 0.436. The molecule has 6 nitrogen and oxygen atoms in total. The zero-order chi connectivity index (χ0) is 20.5. The van der Waals surface area contributed by atoms with Crippen molar-refractivity contribution in [3.63, 3.8) is 0 Å². The molecule has 0 atom stereocenters. The van der Waals surface area contributed by atoms with Crippen LogP contribution in [0.5, 0.6) is 5.75 Å². The minimum atomic E-state index is -0.366. The van der Waals surface area contributed by atoms with E-state index in [1.54, 1.807) is 18.3 Å². The van der Waals surface area contributed by atoms with Gasteiger partial charge in [0.15, 0.2) is 0 Å². The molecule has 1 amide bonds. The zero-order valence-corrected chi connectivity index (χ0v) is 16.6. The van der Waals surface area contributed by atoms with E-state index in [0.29, 0.717) is 17.9 Å². The smallest absolute Gasteiger partial charge is 0.337 e. The normalized spacial score (nSPS) is 14.5. The van der Waals surface area contributed by atoms with Gasteiger partial charge in [-0.3, -0.25) is 4.79 Å². The summed E-state index contributed by atoms with van der Waals surface area (Å²) in [6, 6.07) is 14.6. The Hall–Kier alpha value is -3.15. The van der Waals surface area contributed by atoms with E-state index in [2.05, 4.69) is 10.5 Å². The molecule has 1 N–H and O–H groups in total. The average molecular weight is 394 g/mol. The van der Waals surface area contributed by atoms with E-state index >= 15 is 0 Å². The summed E-state index contributed by atoms with van der Waals surface area (Å²) in [4.78, 5) is 23.7. The maximum atomic E-state index is 12.2. The number of hydrogen-bond acceptors (Lipinski definition) is 5. The van der Waals surface area contributed by atoms with Gasteiger partial charge in [0.2, 0.25) is 5.91 Å². The van der Waals surface area contributed by atoms with Crippen LogP contribution < -0.4 is 10.2 Å². The first-order valence-electron chi connectivity index (χ1n) is 9.89. The number of hydrogen-bond donors (Lipinski definition) is 1. The molecule has 0 radical (unpaired) electrons. The van der Waals surface area contributed by atoms with Crippen LogP contribution in [0.4, 0.5) is 0 Å². The summed E-state index contributed by atoms with van der Waals surface area (Å²) < 4.78 is 10.6.